The summed E-state index contributed by atoms with van der Waals surface area (Å²) in [6, 6.07) is 0. The van der Waals surface area contributed by atoms with Crippen molar-refractivity contribution in [2.75, 3.05) is 5.75 Å². The average Bonchev–Trinajstić information content (AvgIpc) is 1.86. The molecule has 0 rings (SSSR count). The van der Waals surface area contributed by atoms with E-state index in [0.29, 0.717) is 0 Å². The maximum atomic E-state index is 2.35. The van der Waals surface area contributed by atoms with E-state index in [1.165, 1.54) is 12.2 Å². The van der Waals surface area contributed by atoms with Crippen LogP contribution in [0, 0.1) is 11.8 Å². The molecule has 0 radical (unpaired) electrons. The van der Waals surface area contributed by atoms with Gasteiger partial charge in [0, 0.05) is 0 Å². The van der Waals surface area contributed by atoms with E-state index in [9.17, 15) is 0 Å². The van der Waals surface area contributed by atoms with Gasteiger partial charge >= 0.3 is 0 Å². The van der Waals surface area contributed by atoms with Gasteiger partial charge in [0.1, 0.15) is 0 Å². The van der Waals surface area contributed by atoms with Crippen molar-refractivity contribution in [3.05, 3.63) is 0 Å². The van der Waals surface area contributed by atoms with Gasteiger partial charge in [0.05, 0.1) is 0 Å². The molecule has 0 saturated carbocycles. The molecule has 0 nitrogen and oxygen atoms in total. The third-order valence-corrected chi connectivity index (χ3v) is 3.30. The van der Waals surface area contributed by atoms with E-state index < -0.39 is 0 Å². The van der Waals surface area contributed by atoms with Crippen LogP contribution in [0.2, 0.25) is 0 Å². The second kappa shape index (κ2) is 5.93. The SMILES string of the molecule is CC(C)SCC[C@H](C)C(C)C. The highest BCUT2D eigenvalue weighted by atomic mass is 32.2. The summed E-state index contributed by atoms with van der Waals surface area (Å²) < 4.78 is 0. The molecule has 11 heavy (non-hydrogen) atoms. The number of hydrogen-bond donors (Lipinski definition) is 0. The first-order valence-electron chi connectivity index (χ1n) is 4.65. The van der Waals surface area contributed by atoms with Crippen molar-refractivity contribution in [3.8, 4) is 0 Å². The molecule has 0 aromatic rings. The van der Waals surface area contributed by atoms with Crippen LogP contribution in [0.4, 0.5) is 0 Å². The minimum Gasteiger partial charge on any atom is -0.159 e. The van der Waals surface area contributed by atoms with Crippen molar-refractivity contribution in [1.29, 1.82) is 0 Å². The van der Waals surface area contributed by atoms with Gasteiger partial charge in [-0.05, 0) is 29.3 Å². The van der Waals surface area contributed by atoms with Gasteiger partial charge in [0.2, 0.25) is 0 Å². The molecule has 0 spiro atoms. The lowest BCUT2D eigenvalue weighted by Crippen LogP contribution is -2.05. The maximum absolute atomic E-state index is 2.35. The molecule has 0 saturated heterocycles. The molecule has 1 heteroatoms. The van der Waals surface area contributed by atoms with E-state index in [1.54, 1.807) is 0 Å². The van der Waals surface area contributed by atoms with Gasteiger partial charge in [0.15, 0.2) is 0 Å². The second-order valence-corrected chi connectivity index (χ2v) is 5.61. The molecular weight excluding hydrogens is 152 g/mol. The Kier molecular flexibility index (Phi) is 6.12. The van der Waals surface area contributed by atoms with E-state index >= 15 is 0 Å². The molecule has 0 aliphatic carbocycles. The fraction of sp³-hybridized carbons (Fsp3) is 1.00. The minimum absolute atomic E-state index is 0.800. The second-order valence-electron chi connectivity index (χ2n) is 3.93. The van der Waals surface area contributed by atoms with E-state index in [2.05, 4.69) is 46.4 Å². The van der Waals surface area contributed by atoms with Crippen LogP contribution in [-0.4, -0.2) is 11.0 Å². The Bertz CT molecular complexity index is 86.9. The van der Waals surface area contributed by atoms with Gasteiger partial charge < -0.3 is 0 Å². The van der Waals surface area contributed by atoms with Crippen LogP contribution in [0.15, 0.2) is 0 Å². The van der Waals surface area contributed by atoms with E-state index in [-0.39, 0.29) is 0 Å². The molecule has 0 fully saturated rings. The zero-order chi connectivity index (χ0) is 8.85. The van der Waals surface area contributed by atoms with Crippen LogP contribution in [0.25, 0.3) is 0 Å². The molecule has 0 aromatic carbocycles. The topological polar surface area (TPSA) is 0 Å². The van der Waals surface area contributed by atoms with Crippen molar-refractivity contribution in [1.82, 2.24) is 0 Å². The largest absolute Gasteiger partial charge is 0.159 e. The normalized spacial score (nSPS) is 14.5. The average molecular weight is 174 g/mol. The minimum atomic E-state index is 0.800. The predicted octanol–water partition coefficient (Wildman–Crippen LogP) is 3.81. The highest BCUT2D eigenvalue weighted by molar-refractivity contribution is 7.99. The van der Waals surface area contributed by atoms with Crippen LogP contribution in [0.5, 0.6) is 0 Å². The number of thioether (sulfide) groups is 1. The monoisotopic (exact) mass is 174 g/mol. The van der Waals surface area contributed by atoms with E-state index in [4.69, 9.17) is 0 Å². The van der Waals surface area contributed by atoms with Crippen molar-refractivity contribution < 1.29 is 0 Å². The highest BCUT2D eigenvalue weighted by Crippen LogP contribution is 2.19. The van der Waals surface area contributed by atoms with Gasteiger partial charge in [-0.25, -0.2) is 0 Å². The fourth-order valence-corrected chi connectivity index (χ4v) is 1.80. The van der Waals surface area contributed by atoms with Gasteiger partial charge in [-0.2, -0.15) is 11.8 Å². The molecule has 0 aliphatic rings. The van der Waals surface area contributed by atoms with E-state index in [1.807, 2.05) is 0 Å². The van der Waals surface area contributed by atoms with E-state index in [0.717, 1.165) is 17.1 Å². The Morgan fingerprint density at radius 3 is 1.91 bits per heavy atom. The summed E-state index contributed by atoms with van der Waals surface area (Å²) in [5.74, 6) is 3.07. The smallest absolute Gasteiger partial charge is 0.000968 e. The quantitative estimate of drug-likeness (QED) is 0.611. The first-order valence-corrected chi connectivity index (χ1v) is 5.70. The predicted molar refractivity (Wildman–Crippen MR) is 56.2 cm³/mol. The highest BCUT2D eigenvalue weighted by Gasteiger charge is 2.06. The van der Waals surface area contributed by atoms with Crippen LogP contribution in [-0.2, 0) is 0 Å². The zero-order valence-electron chi connectivity index (χ0n) is 8.55. The third-order valence-electron chi connectivity index (χ3n) is 2.16. The summed E-state index contributed by atoms with van der Waals surface area (Å²) in [7, 11) is 0. The molecule has 0 heterocycles. The Balaban J connectivity index is 3.24. The summed E-state index contributed by atoms with van der Waals surface area (Å²) in [6.45, 7) is 11.5. The first-order chi connectivity index (χ1) is 5.04. The fourth-order valence-electron chi connectivity index (χ4n) is 0.823. The van der Waals surface area contributed by atoms with Crippen LogP contribution in [0.3, 0.4) is 0 Å². The van der Waals surface area contributed by atoms with Crippen molar-refractivity contribution >= 4 is 11.8 Å². The summed E-state index contributed by atoms with van der Waals surface area (Å²) >= 11 is 2.08. The van der Waals surface area contributed by atoms with Gasteiger partial charge in [-0.3, -0.25) is 0 Å². The lowest BCUT2D eigenvalue weighted by molar-refractivity contribution is 0.410. The van der Waals surface area contributed by atoms with Crippen LogP contribution < -0.4 is 0 Å². The van der Waals surface area contributed by atoms with Crippen LogP contribution >= 0.6 is 11.8 Å². The van der Waals surface area contributed by atoms with Crippen molar-refractivity contribution in [2.24, 2.45) is 11.8 Å². The molecule has 0 N–H and O–H groups in total. The maximum Gasteiger partial charge on any atom is -0.000968 e. The first kappa shape index (κ1) is 11.4. The molecule has 0 aromatic heterocycles. The van der Waals surface area contributed by atoms with Crippen LogP contribution in [0.1, 0.15) is 41.0 Å². The molecular formula is C10H22S. The molecule has 0 amide bonds. The molecule has 68 valence electrons. The Labute approximate surface area is 76.1 Å². The zero-order valence-corrected chi connectivity index (χ0v) is 9.37. The molecule has 0 bridgehead atoms. The van der Waals surface area contributed by atoms with Crippen molar-refractivity contribution in [2.45, 2.75) is 46.3 Å². The third kappa shape index (κ3) is 6.74. The van der Waals surface area contributed by atoms with Crippen molar-refractivity contribution in [3.63, 3.8) is 0 Å². The lowest BCUT2D eigenvalue weighted by atomic mass is 9.96. The van der Waals surface area contributed by atoms with Gasteiger partial charge in [-0.15, -0.1) is 0 Å². The number of hydrogen-bond acceptors (Lipinski definition) is 1. The standard InChI is InChI=1S/C10H22S/c1-8(2)10(5)6-7-11-9(3)4/h8-10H,6-7H2,1-5H3/t10-/m0/s1. The Morgan fingerprint density at radius 1 is 1.00 bits per heavy atom. The Morgan fingerprint density at radius 2 is 1.55 bits per heavy atom. The summed E-state index contributed by atoms with van der Waals surface area (Å²) in [5.41, 5.74) is 0. The van der Waals surface area contributed by atoms with Gasteiger partial charge in [-0.1, -0.05) is 34.6 Å². The molecule has 1 atom stereocenters. The number of rotatable bonds is 5. The summed E-state index contributed by atoms with van der Waals surface area (Å²) in [4.78, 5) is 0. The lowest BCUT2D eigenvalue weighted by Gasteiger charge is -2.15. The summed E-state index contributed by atoms with van der Waals surface area (Å²) in [6.07, 6.45) is 1.38. The molecule has 0 unspecified atom stereocenters. The molecule has 0 aliphatic heterocycles. The Hall–Kier alpha value is 0.350. The van der Waals surface area contributed by atoms with Gasteiger partial charge in [0.25, 0.3) is 0 Å². The summed E-state index contributed by atoms with van der Waals surface area (Å²) in [5, 5.41) is 0.800.